The van der Waals surface area contributed by atoms with Gasteiger partial charge in [-0.05, 0) is 32.0 Å². The molecule has 1 amide bonds. The molecule has 1 aliphatic rings. The Balaban J connectivity index is 2.08. The minimum Gasteiger partial charge on any atom is -0.493 e. The van der Waals surface area contributed by atoms with Gasteiger partial charge in [0.15, 0.2) is 11.5 Å². The molecule has 6 nitrogen and oxygen atoms in total. The van der Waals surface area contributed by atoms with Crippen molar-refractivity contribution in [1.82, 2.24) is 10.6 Å². The normalized spacial score (nSPS) is 16.7. The Morgan fingerprint density at radius 1 is 1.22 bits per heavy atom. The highest BCUT2D eigenvalue weighted by atomic mass is 16.5. The number of rotatable bonds is 7. The third kappa shape index (κ3) is 3.95. The first-order valence-electron chi connectivity index (χ1n) is 7.84. The van der Waals surface area contributed by atoms with Crippen molar-refractivity contribution in [1.29, 1.82) is 0 Å². The number of hydrogen-bond donors (Lipinski definition) is 2. The first-order chi connectivity index (χ1) is 11.2. The number of carbonyl (C=O) groups is 1. The van der Waals surface area contributed by atoms with Gasteiger partial charge in [0.05, 0.1) is 26.2 Å². The molecule has 6 heteroatoms. The molecule has 0 aromatic heterocycles. The Bertz CT molecular complexity index is 522. The van der Waals surface area contributed by atoms with Crippen LogP contribution in [-0.2, 0) is 16.1 Å². The van der Waals surface area contributed by atoms with Crippen LogP contribution in [0.3, 0.4) is 0 Å². The molecule has 0 atom stereocenters. The summed E-state index contributed by atoms with van der Waals surface area (Å²) >= 11 is 0. The minimum atomic E-state index is -0.452. The predicted molar refractivity (Wildman–Crippen MR) is 87.8 cm³/mol. The molecule has 23 heavy (non-hydrogen) atoms. The molecule has 1 aromatic rings. The second kappa shape index (κ2) is 8.17. The lowest BCUT2D eigenvalue weighted by Crippen LogP contribution is -2.50. The summed E-state index contributed by atoms with van der Waals surface area (Å²) in [5.74, 6) is 1.35. The summed E-state index contributed by atoms with van der Waals surface area (Å²) < 4.78 is 16.0. The number of piperidine rings is 1. The standard InChI is InChI=1S/C17H26N2O4/c1-21-12-17(7-9-18-10-8-17)16(20)19-11-13-5-4-6-14(22-2)15(13)23-3/h4-6,18H,7-12H2,1-3H3,(H,19,20). The van der Waals surface area contributed by atoms with Gasteiger partial charge in [-0.15, -0.1) is 0 Å². The Morgan fingerprint density at radius 2 is 1.96 bits per heavy atom. The smallest absolute Gasteiger partial charge is 0.228 e. The summed E-state index contributed by atoms with van der Waals surface area (Å²) in [6.45, 7) is 2.51. The molecule has 2 rings (SSSR count). The molecule has 1 aliphatic heterocycles. The largest absolute Gasteiger partial charge is 0.493 e. The van der Waals surface area contributed by atoms with Gasteiger partial charge in [0.2, 0.25) is 5.91 Å². The Labute approximate surface area is 137 Å². The lowest BCUT2D eigenvalue weighted by molar-refractivity contribution is -0.136. The maximum Gasteiger partial charge on any atom is 0.228 e. The van der Waals surface area contributed by atoms with Crippen LogP contribution < -0.4 is 20.1 Å². The van der Waals surface area contributed by atoms with Gasteiger partial charge in [-0.1, -0.05) is 12.1 Å². The monoisotopic (exact) mass is 322 g/mol. The topological polar surface area (TPSA) is 68.8 Å². The third-order valence-corrected chi connectivity index (χ3v) is 4.39. The number of nitrogens with one attached hydrogen (secondary N) is 2. The predicted octanol–water partition coefficient (Wildman–Crippen LogP) is 1.34. The van der Waals surface area contributed by atoms with Crippen LogP contribution in [0.4, 0.5) is 0 Å². The van der Waals surface area contributed by atoms with Gasteiger partial charge in [-0.25, -0.2) is 0 Å². The van der Waals surface area contributed by atoms with Gasteiger partial charge in [0, 0.05) is 19.2 Å². The van der Waals surface area contributed by atoms with Gasteiger partial charge >= 0.3 is 0 Å². The van der Waals surface area contributed by atoms with E-state index in [1.54, 1.807) is 21.3 Å². The quantitative estimate of drug-likeness (QED) is 0.793. The Hall–Kier alpha value is -1.79. The van der Waals surface area contributed by atoms with Gasteiger partial charge in [-0.3, -0.25) is 4.79 Å². The van der Waals surface area contributed by atoms with E-state index < -0.39 is 5.41 Å². The zero-order chi connectivity index (χ0) is 16.7. The van der Waals surface area contributed by atoms with E-state index in [9.17, 15) is 4.79 Å². The molecule has 2 N–H and O–H groups in total. The van der Waals surface area contributed by atoms with E-state index >= 15 is 0 Å². The molecule has 0 radical (unpaired) electrons. The number of hydrogen-bond acceptors (Lipinski definition) is 5. The highest BCUT2D eigenvalue weighted by Crippen LogP contribution is 2.32. The number of benzene rings is 1. The number of para-hydroxylation sites is 1. The van der Waals surface area contributed by atoms with Crippen LogP contribution in [0.1, 0.15) is 18.4 Å². The maximum atomic E-state index is 12.7. The van der Waals surface area contributed by atoms with Crippen molar-refractivity contribution in [3.8, 4) is 11.5 Å². The van der Waals surface area contributed by atoms with E-state index in [4.69, 9.17) is 14.2 Å². The lowest BCUT2D eigenvalue weighted by Gasteiger charge is -2.35. The minimum absolute atomic E-state index is 0.0331. The van der Waals surface area contributed by atoms with Crippen LogP contribution in [-0.4, -0.2) is 46.9 Å². The summed E-state index contributed by atoms with van der Waals surface area (Å²) in [4.78, 5) is 12.7. The van der Waals surface area contributed by atoms with Crippen molar-refractivity contribution in [3.63, 3.8) is 0 Å². The highest BCUT2D eigenvalue weighted by molar-refractivity contribution is 5.83. The summed E-state index contributed by atoms with van der Waals surface area (Å²) in [6.07, 6.45) is 1.56. The first-order valence-corrected chi connectivity index (χ1v) is 7.84. The van der Waals surface area contributed by atoms with E-state index in [0.29, 0.717) is 24.7 Å². The number of ether oxygens (including phenoxy) is 3. The van der Waals surface area contributed by atoms with Gasteiger partial charge in [-0.2, -0.15) is 0 Å². The van der Waals surface area contributed by atoms with Crippen LogP contribution in [0, 0.1) is 5.41 Å². The van der Waals surface area contributed by atoms with Gasteiger partial charge in [0.1, 0.15) is 0 Å². The molecule has 0 unspecified atom stereocenters. The van der Waals surface area contributed by atoms with Crippen molar-refractivity contribution >= 4 is 5.91 Å². The number of amides is 1. The second-order valence-electron chi connectivity index (χ2n) is 5.80. The maximum absolute atomic E-state index is 12.7. The molecule has 0 saturated carbocycles. The fraction of sp³-hybridized carbons (Fsp3) is 0.588. The van der Waals surface area contributed by atoms with Gasteiger partial charge in [0.25, 0.3) is 0 Å². The molecule has 0 spiro atoms. The van der Waals surface area contributed by atoms with E-state index in [2.05, 4.69) is 10.6 Å². The van der Waals surface area contributed by atoms with Crippen LogP contribution in [0.25, 0.3) is 0 Å². The third-order valence-electron chi connectivity index (χ3n) is 4.39. The molecule has 1 heterocycles. The molecular weight excluding hydrogens is 296 g/mol. The SMILES string of the molecule is COCC1(C(=O)NCc2cccc(OC)c2OC)CCNCC1. The molecule has 0 bridgehead atoms. The van der Waals surface area contributed by atoms with Gasteiger partial charge < -0.3 is 24.8 Å². The van der Waals surface area contributed by atoms with Crippen molar-refractivity contribution in [2.24, 2.45) is 5.41 Å². The lowest BCUT2D eigenvalue weighted by atomic mass is 9.78. The van der Waals surface area contributed by atoms with Crippen LogP contribution in [0.15, 0.2) is 18.2 Å². The average Bonchev–Trinajstić information content (AvgIpc) is 2.60. The highest BCUT2D eigenvalue weighted by Gasteiger charge is 2.39. The van der Waals surface area contributed by atoms with Crippen LogP contribution in [0.5, 0.6) is 11.5 Å². The molecule has 1 fully saturated rings. The molecule has 1 saturated heterocycles. The summed E-state index contributed by atoms with van der Waals surface area (Å²) in [5, 5.41) is 6.33. The average molecular weight is 322 g/mol. The van der Waals surface area contributed by atoms with E-state index in [1.165, 1.54) is 0 Å². The van der Waals surface area contributed by atoms with Crippen molar-refractivity contribution in [3.05, 3.63) is 23.8 Å². The first kappa shape index (κ1) is 17.6. The zero-order valence-electron chi connectivity index (χ0n) is 14.1. The Morgan fingerprint density at radius 3 is 2.57 bits per heavy atom. The number of methoxy groups -OCH3 is 3. The van der Waals surface area contributed by atoms with Crippen molar-refractivity contribution < 1.29 is 19.0 Å². The van der Waals surface area contributed by atoms with Crippen LogP contribution in [0.2, 0.25) is 0 Å². The molecular formula is C17H26N2O4. The molecule has 0 aliphatic carbocycles. The number of carbonyl (C=O) groups excluding carboxylic acids is 1. The fourth-order valence-corrected chi connectivity index (χ4v) is 3.07. The fourth-order valence-electron chi connectivity index (χ4n) is 3.07. The van der Waals surface area contributed by atoms with E-state index in [0.717, 1.165) is 31.5 Å². The summed E-state index contributed by atoms with van der Waals surface area (Å²) in [6, 6.07) is 5.65. The Kier molecular flexibility index (Phi) is 6.24. The molecule has 1 aromatic carbocycles. The van der Waals surface area contributed by atoms with Crippen LogP contribution >= 0.6 is 0 Å². The van der Waals surface area contributed by atoms with E-state index in [1.807, 2.05) is 18.2 Å². The molecule has 128 valence electrons. The zero-order valence-corrected chi connectivity index (χ0v) is 14.1. The second-order valence-corrected chi connectivity index (χ2v) is 5.80. The summed E-state index contributed by atoms with van der Waals surface area (Å²) in [5.41, 5.74) is 0.438. The van der Waals surface area contributed by atoms with Crippen molar-refractivity contribution in [2.45, 2.75) is 19.4 Å². The summed E-state index contributed by atoms with van der Waals surface area (Å²) in [7, 11) is 4.84. The van der Waals surface area contributed by atoms with Crippen molar-refractivity contribution in [2.75, 3.05) is 41.0 Å². The van der Waals surface area contributed by atoms with E-state index in [-0.39, 0.29) is 5.91 Å².